The molecule has 10 heteroatoms. The van der Waals surface area contributed by atoms with Crippen LogP contribution in [0.4, 0.5) is 29.3 Å². The van der Waals surface area contributed by atoms with E-state index >= 15 is 0 Å². The van der Waals surface area contributed by atoms with Gasteiger partial charge in [-0.2, -0.15) is 13.2 Å². The molecule has 0 radical (unpaired) electrons. The van der Waals surface area contributed by atoms with Gasteiger partial charge in [0.25, 0.3) is 0 Å². The number of benzene rings is 2. The van der Waals surface area contributed by atoms with E-state index in [2.05, 4.69) is 15.6 Å². The van der Waals surface area contributed by atoms with Gasteiger partial charge in [-0.25, -0.2) is 4.79 Å². The highest BCUT2D eigenvalue weighted by Crippen LogP contribution is 2.37. The zero-order valence-electron chi connectivity index (χ0n) is 18.8. The molecule has 180 valence electrons. The highest BCUT2D eigenvalue weighted by atomic mass is 19.4. The van der Waals surface area contributed by atoms with Crippen LogP contribution in [0.25, 0.3) is 11.3 Å². The van der Waals surface area contributed by atoms with Gasteiger partial charge in [0.1, 0.15) is 17.2 Å². The van der Waals surface area contributed by atoms with Crippen molar-refractivity contribution in [1.82, 2.24) is 9.55 Å². The summed E-state index contributed by atoms with van der Waals surface area (Å²) < 4.78 is 52.2. The molecule has 0 aliphatic carbocycles. The van der Waals surface area contributed by atoms with Crippen molar-refractivity contribution in [3.63, 3.8) is 0 Å². The predicted octanol–water partition coefficient (Wildman–Crippen LogP) is 6.55. The van der Waals surface area contributed by atoms with Crippen LogP contribution in [0.15, 0.2) is 79.3 Å². The lowest BCUT2D eigenvalue weighted by molar-refractivity contribution is -0.138. The number of pyridine rings is 1. The van der Waals surface area contributed by atoms with Crippen LogP contribution >= 0.6 is 0 Å². The van der Waals surface area contributed by atoms with Crippen molar-refractivity contribution in [2.75, 3.05) is 17.7 Å². The Morgan fingerprint density at radius 2 is 1.71 bits per heavy atom. The van der Waals surface area contributed by atoms with Gasteiger partial charge in [0, 0.05) is 54.7 Å². The van der Waals surface area contributed by atoms with Gasteiger partial charge in [0.15, 0.2) is 0 Å². The number of hydrogen-bond acceptors (Lipinski definition) is 4. The van der Waals surface area contributed by atoms with Crippen LogP contribution in [0.1, 0.15) is 5.56 Å². The topological polar surface area (TPSA) is 77.4 Å². The van der Waals surface area contributed by atoms with Crippen LogP contribution in [-0.2, 0) is 13.2 Å². The number of ether oxygens (including phenoxy) is 2. The molecule has 2 aromatic carbocycles. The second-order valence-electron chi connectivity index (χ2n) is 7.56. The van der Waals surface area contributed by atoms with Crippen molar-refractivity contribution in [2.45, 2.75) is 6.18 Å². The summed E-state index contributed by atoms with van der Waals surface area (Å²) in [6, 6.07) is 14.6. The second kappa shape index (κ2) is 9.80. The standard InChI is InChI=1S/C25H21F3N4O3/c1-32-11-9-16(15-32)22-14-20(8-10-29-22)35-19-5-3-4-17(12-19)30-24(33)31-18-6-7-23(34-2)21(13-18)25(26,27)28/h3-15H,1-2H3,(H2,30,31,33). The van der Waals surface area contributed by atoms with Gasteiger partial charge in [0.05, 0.1) is 18.4 Å². The first-order valence-electron chi connectivity index (χ1n) is 10.4. The first-order valence-corrected chi connectivity index (χ1v) is 10.4. The van der Waals surface area contributed by atoms with Crippen molar-refractivity contribution in [1.29, 1.82) is 0 Å². The van der Waals surface area contributed by atoms with Crippen LogP contribution in [-0.4, -0.2) is 22.7 Å². The molecule has 0 saturated carbocycles. The fourth-order valence-corrected chi connectivity index (χ4v) is 3.36. The Bertz CT molecular complexity index is 1350. The summed E-state index contributed by atoms with van der Waals surface area (Å²) in [5, 5.41) is 4.98. The molecule has 35 heavy (non-hydrogen) atoms. The lowest BCUT2D eigenvalue weighted by atomic mass is 10.1. The molecule has 0 saturated heterocycles. The highest BCUT2D eigenvalue weighted by Gasteiger charge is 2.34. The first kappa shape index (κ1) is 23.7. The minimum absolute atomic E-state index is 0.0340. The number of urea groups is 1. The van der Waals surface area contributed by atoms with Crippen LogP contribution in [0.3, 0.4) is 0 Å². The molecule has 0 fully saturated rings. The summed E-state index contributed by atoms with van der Waals surface area (Å²) in [6.45, 7) is 0. The van der Waals surface area contributed by atoms with Crippen molar-refractivity contribution in [3.05, 3.63) is 84.8 Å². The third kappa shape index (κ3) is 5.91. The maximum Gasteiger partial charge on any atom is 0.420 e. The molecule has 2 aromatic heterocycles. The number of nitrogens with one attached hydrogen (secondary N) is 2. The summed E-state index contributed by atoms with van der Waals surface area (Å²) in [6.07, 6.45) is 0.867. The first-order chi connectivity index (χ1) is 16.7. The highest BCUT2D eigenvalue weighted by molar-refractivity contribution is 6.00. The number of methoxy groups -OCH3 is 1. The number of rotatable bonds is 6. The van der Waals surface area contributed by atoms with Crippen molar-refractivity contribution < 1.29 is 27.4 Å². The van der Waals surface area contributed by atoms with Gasteiger partial charge in [-0.1, -0.05) is 6.07 Å². The molecule has 0 aliphatic rings. The van der Waals surface area contributed by atoms with E-state index in [0.29, 0.717) is 17.2 Å². The average Bonchev–Trinajstić information content (AvgIpc) is 3.25. The van der Waals surface area contributed by atoms with Crippen LogP contribution < -0.4 is 20.1 Å². The van der Waals surface area contributed by atoms with E-state index in [0.717, 1.165) is 30.5 Å². The van der Waals surface area contributed by atoms with Gasteiger partial charge in [-0.15, -0.1) is 0 Å². The molecule has 2 amide bonds. The van der Waals surface area contributed by atoms with E-state index in [1.807, 2.05) is 30.1 Å². The van der Waals surface area contributed by atoms with Crippen molar-refractivity contribution in [3.8, 4) is 28.5 Å². The summed E-state index contributed by atoms with van der Waals surface area (Å²) in [7, 11) is 3.07. The molecule has 4 aromatic rings. The lowest BCUT2D eigenvalue weighted by Gasteiger charge is -2.14. The summed E-state index contributed by atoms with van der Waals surface area (Å²) in [4.78, 5) is 16.7. The molecule has 0 aliphatic heterocycles. The normalized spacial score (nSPS) is 11.1. The molecule has 0 unspecified atom stereocenters. The van der Waals surface area contributed by atoms with E-state index in [1.54, 1.807) is 42.6 Å². The quantitative estimate of drug-likeness (QED) is 0.327. The molecule has 0 atom stereocenters. The van der Waals surface area contributed by atoms with Crippen LogP contribution in [0, 0.1) is 0 Å². The fraction of sp³-hybridized carbons (Fsp3) is 0.120. The monoisotopic (exact) mass is 482 g/mol. The SMILES string of the molecule is COc1ccc(NC(=O)Nc2cccc(Oc3ccnc(-c4ccn(C)c4)c3)c2)cc1C(F)(F)F. The maximum atomic E-state index is 13.2. The second-order valence-corrected chi connectivity index (χ2v) is 7.56. The van der Waals surface area contributed by atoms with E-state index in [1.165, 1.54) is 6.07 Å². The Morgan fingerprint density at radius 1 is 0.971 bits per heavy atom. The van der Waals surface area contributed by atoms with E-state index in [4.69, 9.17) is 9.47 Å². The number of halogens is 3. The van der Waals surface area contributed by atoms with Gasteiger partial charge in [-0.3, -0.25) is 4.98 Å². The molecule has 4 rings (SSSR count). The number of aromatic nitrogens is 2. The number of anilines is 2. The molecular formula is C25H21F3N4O3. The van der Waals surface area contributed by atoms with E-state index in [9.17, 15) is 18.0 Å². The predicted molar refractivity (Wildman–Crippen MR) is 126 cm³/mol. The van der Waals surface area contributed by atoms with E-state index < -0.39 is 17.8 Å². The number of hydrogen-bond donors (Lipinski definition) is 2. The Labute approximate surface area is 199 Å². The smallest absolute Gasteiger partial charge is 0.420 e. The van der Waals surface area contributed by atoms with Crippen molar-refractivity contribution in [2.24, 2.45) is 7.05 Å². The minimum Gasteiger partial charge on any atom is -0.496 e. The Balaban J connectivity index is 1.44. The summed E-state index contributed by atoms with van der Waals surface area (Å²) in [5.41, 5.74) is 1.06. The molecule has 7 nitrogen and oxygen atoms in total. The van der Waals surface area contributed by atoms with Crippen LogP contribution in [0.2, 0.25) is 0 Å². The summed E-state index contributed by atoms with van der Waals surface area (Å²) >= 11 is 0. The Morgan fingerprint density at radius 3 is 2.40 bits per heavy atom. The third-order valence-corrected chi connectivity index (χ3v) is 4.95. The van der Waals surface area contributed by atoms with Gasteiger partial charge < -0.3 is 24.7 Å². The summed E-state index contributed by atoms with van der Waals surface area (Å²) in [5.74, 6) is 0.676. The molecule has 2 N–H and O–H groups in total. The average molecular weight is 482 g/mol. The van der Waals surface area contributed by atoms with Crippen molar-refractivity contribution >= 4 is 17.4 Å². The van der Waals surface area contributed by atoms with Gasteiger partial charge in [-0.05, 0) is 42.5 Å². The zero-order chi connectivity index (χ0) is 25.0. The largest absolute Gasteiger partial charge is 0.496 e. The molecule has 0 bridgehead atoms. The molecule has 2 heterocycles. The molecule has 0 spiro atoms. The number of amides is 2. The van der Waals surface area contributed by atoms with Gasteiger partial charge >= 0.3 is 12.2 Å². The Hall–Kier alpha value is -4.47. The van der Waals surface area contributed by atoms with Crippen LogP contribution in [0.5, 0.6) is 17.2 Å². The number of carbonyl (C=O) groups excluding carboxylic acids is 1. The van der Waals surface area contributed by atoms with E-state index in [-0.39, 0.29) is 11.4 Å². The number of carbonyl (C=O) groups is 1. The number of alkyl halides is 3. The number of nitrogens with zero attached hydrogens (tertiary/aromatic N) is 2. The fourth-order valence-electron chi connectivity index (χ4n) is 3.36. The van der Waals surface area contributed by atoms with Gasteiger partial charge in [0.2, 0.25) is 0 Å². The maximum absolute atomic E-state index is 13.2. The zero-order valence-corrected chi connectivity index (χ0v) is 18.8. The minimum atomic E-state index is -4.63. The third-order valence-electron chi connectivity index (χ3n) is 4.95. The lowest BCUT2D eigenvalue weighted by Crippen LogP contribution is -2.20. The molecular weight excluding hydrogens is 461 g/mol. The Kier molecular flexibility index (Phi) is 6.63. The number of aryl methyl sites for hydroxylation is 1.